The van der Waals surface area contributed by atoms with E-state index >= 15 is 0 Å². The zero-order valence-electron chi connectivity index (χ0n) is 18.7. The third-order valence-electron chi connectivity index (χ3n) is 5.38. The van der Waals surface area contributed by atoms with Gasteiger partial charge in [0.05, 0.1) is 5.56 Å². The number of nitrogens with one attached hydrogen (secondary N) is 2. The van der Waals surface area contributed by atoms with E-state index in [0.29, 0.717) is 0 Å². The van der Waals surface area contributed by atoms with Gasteiger partial charge in [0, 0.05) is 23.7 Å². The van der Waals surface area contributed by atoms with E-state index in [1.54, 1.807) is 0 Å². The molecule has 1 aliphatic rings. The van der Waals surface area contributed by atoms with Crippen LogP contribution in [-0.4, -0.2) is 54.0 Å². The van der Waals surface area contributed by atoms with Crippen LogP contribution in [0.3, 0.4) is 0 Å². The molecule has 2 unspecified atom stereocenters. The molecule has 1 heterocycles. The van der Waals surface area contributed by atoms with E-state index in [9.17, 15) is 32.3 Å². The average molecular weight is 534 g/mol. The summed E-state index contributed by atoms with van der Waals surface area (Å²) in [5, 5.41) is 15.0. The van der Waals surface area contributed by atoms with Gasteiger partial charge in [0.2, 0.25) is 5.91 Å². The highest BCUT2D eigenvalue weighted by molar-refractivity contribution is 6.30. The molecule has 1 saturated heterocycles. The van der Waals surface area contributed by atoms with E-state index in [0.717, 1.165) is 29.2 Å². The quantitative estimate of drug-likeness (QED) is 0.161. The van der Waals surface area contributed by atoms with E-state index in [2.05, 4.69) is 20.0 Å². The second kappa shape index (κ2) is 11.4. The fourth-order valence-corrected chi connectivity index (χ4v) is 3.76. The minimum atomic E-state index is -3.14. The van der Waals surface area contributed by atoms with Gasteiger partial charge in [0.25, 0.3) is 5.91 Å². The zero-order valence-corrected chi connectivity index (χ0v) is 19.5. The second-order valence-electron chi connectivity index (χ2n) is 7.69. The summed E-state index contributed by atoms with van der Waals surface area (Å²) in [6, 6.07) is 4.20. The first kappa shape index (κ1) is 27.0. The predicted octanol–water partition coefficient (Wildman–Crippen LogP) is 0.518. The minimum absolute atomic E-state index is 0.00481. The number of amidine groups is 1. The van der Waals surface area contributed by atoms with Crippen molar-refractivity contribution >= 4 is 29.3 Å². The number of carbonyl (C=O) groups is 2. The average Bonchev–Trinajstić information content (AvgIpc) is 2.76. The van der Waals surface area contributed by atoms with Crippen molar-refractivity contribution in [2.24, 2.45) is 5.73 Å². The van der Waals surface area contributed by atoms with Gasteiger partial charge in [0.1, 0.15) is 30.5 Å². The van der Waals surface area contributed by atoms with Gasteiger partial charge in [-0.25, -0.2) is 8.78 Å². The van der Waals surface area contributed by atoms with Crippen LogP contribution in [0.1, 0.15) is 29.2 Å². The molecule has 2 amide bonds. The standard InChI is InChI=1S/C22H21ClF4N4O5/c1-35-30-19(28)11-6-15(24)14(16(25)7-11)9-29-20(33)17-2-3-31(17)21(34)18(32)10-4-12(23)8-13(5-10)36-22(26)27/h4-8,17-18,22,32H,2-3,9H2,1H3,(H2,28,30)(H,29,33)/p+1. The molecule has 2 aromatic rings. The van der Waals surface area contributed by atoms with Crippen LogP contribution in [0.25, 0.3) is 0 Å². The van der Waals surface area contributed by atoms with E-state index < -0.39 is 54.3 Å². The number of amides is 2. The van der Waals surface area contributed by atoms with Crippen LogP contribution in [-0.2, 0) is 21.0 Å². The molecule has 9 nitrogen and oxygen atoms in total. The number of carbonyl (C=O) groups excluding carboxylic acids is 2. The van der Waals surface area contributed by atoms with Crippen molar-refractivity contribution in [2.75, 3.05) is 13.7 Å². The number of nitrogen functional groups attached to an aromatic ring is 1. The van der Waals surface area contributed by atoms with Crippen molar-refractivity contribution < 1.29 is 47.0 Å². The van der Waals surface area contributed by atoms with Gasteiger partial charge >= 0.3 is 12.4 Å². The fraction of sp³-hybridized carbons (Fsp3) is 0.318. The maximum Gasteiger partial charge on any atom is 0.387 e. The number of ether oxygens (including phenoxy) is 1. The summed E-state index contributed by atoms with van der Waals surface area (Å²) in [4.78, 5) is 31.0. The van der Waals surface area contributed by atoms with Crippen LogP contribution in [0.2, 0.25) is 5.02 Å². The number of likely N-dealkylation sites (tertiary alicyclic amines) is 1. The molecule has 5 N–H and O–H groups in total. The molecule has 0 spiro atoms. The molecule has 1 aliphatic heterocycles. The zero-order chi connectivity index (χ0) is 26.6. The van der Waals surface area contributed by atoms with Crippen molar-refractivity contribution in [3.8, 4) is 5.75 Å². The Balaban J connectivity index is 1.66. The van der Waals surface area contributed by atoms with Gasteiger partial charge in [0.15, 0.2) is 6.10 Å². The first-order valence-electron chi connectivity index (χ1n) is 10.4. The molecule has 194 valence electrons. The number of nitrogens with zero attached hydrogens (tertiary/aromatic N) is 1. The van der Waals surface area contributed by atoms with Gasteiger partial charge in [-0.3, -0.25) is 15.3 Å². The number of hydrogen-bond donors (Lipinski definition) is 4. The maximum atomic E-state index is 14.4. The molecule has 36 heavy (non-hydrogen) atoms. The maximum absolute atomic E-state index is 14.4. The third kappa shape index (κ3) is 6.15. The number of hydrogen-bond acceptors (Lipinski definition) is 5. The second-order valence-corrected chi connectivity index (χ2v) is 8.13. The summed E-state index contributed by atoms with van der Waals surface area (Å²) in [5.74, 6) is -4.00. The van der Waals surface area contributed by atoms with E-state index in [1.807, 2.05) is 0 Å². The first-order valence-corrected chi connectivity index (χ1v) is 10.8. The summed E-state index contributed by atoms with van der Waals surface area (Å²) in [6.45, 7) is -3.54. The molecular weight excluding hydrogens is 512 g/mol. The summed E-state index contributed by atoms with van der Waals surface area (Å²) >= 11 is 5.85. The highest BCUT2D eigenvalue weighted by Gasteiger charge is 2.40. The predicted molar refractivity (Wildman–Crippen MR) is 118 cm³/mol. The molecule has 14 heteroatoms. The molecular formula is C22H22ClF4N4O5+. The highest BCUT2D eigenvalue weighted by Crippen LogP contribution is 2.29. The van der Waals surface area contributed by atoms with Crippen LogP contribution in [0.5, 0.6) is 5.75 Å². The molecule has 0 radical (unpaired) electrons. The Labute approximate surface area is 207 Å². The third-order valence-corrected chi connectivity index (χ3v) is 5.60. The Morgan fingerprint density at radius 1 is 1.25 bits per heavy atom. The van der Waals surface area contributed by atoms with Crippen molar-refractivity contribution in [1.29, 1.82) is 0 Å². The summed E-state index contributed by atoms with van der Waals surface area (Å²) in [7, 11) is 1.27. The minimum Gasteiger partial charge on any atom is -0.435 e. The molecule has 2 aromatic carbocycles. The number of aliphatic hydroxyl groups is 1. The molecule has 0 saturated carbocycles. The van der Waals surface area contributed by atoms with E-state index in [-0.39, 0.29) is 40.7 Å². The molecule has 0 aliphatic carbocycles. The lowest BCUT2D eigenvalue weighted by Crippen LogP contribution is -2.73. The Morgan fingerprint density at radius 2 is 1.92 bits per heavy atom. The largest absolute Gasteiger partial charge is 0.435 e. The van der Waals surface area contributed by atoms with Crippen LogP contribution < -0.4 is 20.9 Å². The Bertz CT molecular complexity index is 1160. The molecule has 0 aromatic heterocycles. The van der Waals surface area contributed by atoms with Gasteiger partial charge in [-0.2, -0.15) is 8.78 Å². The number of aliphatic hydroxyl groups excluding tert-OH is 1. The summed E-state index contributed by atoms with van der Waals surface area (Å²) < 4.78 is 58.1. The number of benzene rings is 2. The van der Waals surface area contributed by atoms with Crippen molar-refractivity contribution in [3.63, 3.8) is 0 Å². The lowest BCUT2D eigenvalue weighted by atomic mass is 9.98. The topological polar surface area (TPSA) is 128 Å². The fourth-order valence-electron chi connectivity index (χ4n) is 3.53. The summed E-state index contributed by atoms with van der Waals surface area (Å²) in [6.07, 6.45) is -1.58. The normalized spacial score (nSPS) is 16.4. The van der Waals surface area contributed by atoms with E-state index in [4.69, 9.17) is 17.3 Å². The lowest BCUT2D eigenvalue weighted by Gasteiger charge is -2.40. The Kier molecular flexibility index (Phi) is 8.58. The monoisotopic (exact) mass is 533 g/mol. The smallest absolute Gasteiger partial charge is 0.387 e. The Morgan fingerprint density at radius 3 is 2.47 bits per heavy atom. The number of rotatable bonds is 9. The van der Waals surface area contributed by atoms with Gasteiger partial charge in [-0.15, -0.1) is 0 Å². The lowest BCUT2D eigenvalue weighted by molar-refractivity contribution is -0.744. The van der Waals surface area contributed by atoms with Crippen LogP contribution in [0.15, 0.2) is 30.3 Å². The number of nitrogens with two attached hydrogens (primary N) is 1. The number of halogens is 5. The van der Waals surface area contributed by atoms with Gasteiger partial charge in [-0.05, 0) is 42.3 Å². The first-order chi connectivity index (χ1) is 17.0. The molecule has 1 fully saturated rings. The highest BCUT2D eigenvalue weighted by atomic mass is 35.5. The van der Waals surface area contributed by atoms with E-state index in [1.165, 1.54) is 13.2 Å². The number of alkyl halides is 2. The summed E-state index contributed by atoms with van der Waals surface area (Å²) in [5.41, 5.74) is 5.05. The van der Waals surface area contributed by atoms with Crippen molar-refractivity contribution in [2.45, 2.75) is 31.7 Å². The SMILES string of the molecule is CO/[NH+]=C(\N)c1cc(F)c(CNC(=O)C2CCN2C(=O)C(O)c2cc(Cl)cc(OC(F)F)c2)c(F)c1. The molecule has 3 rings (SSSR count). The van der Waals surface area contributed by atoms with Crippen molar-refractivity contribution in [3.05, 3.63) is 63.7 Å². The van der Waals surface area contributed by atoms with Gasteiger partial charge < -0.3 is 24.9 Å². The van der Waals surface area contributed by atoms with Gasteiger partial charge in [-0.1, -0.05) is 16.8 Å². The van der Waals surface area contributed by atoms with Crippen molar-refractivity contribution in [1.82, 2.24) is 10.2 Å². The van der Waals surface area contributed by atoms with Crippen LogP contribution >= 0.6 is 11.6 Å². The van der Waals surface area contributed by atoms with Crippen LogP contribution in [0, 0.1) is 11.6 Å². The van der Waals surface area contributed by atoms with Crippen LogP contribution in [0.4, 0.5) is 17.6 Å². The molecule has 2 atom stereocenters. The Hall–Kier alpha value is -3.58. The molecule has 0 bridgehead atoms.